The summed E-state index contributed by atoms with van der Waals surface area (Å²) < 4.78 is 0. The van der Waals surface area contributed by atoms with E-state index in [4.69, 9.17) is 5.26 Å². The van der Waals surface area contributed by atoms with Gasteiger partial charge in [0.25, 0.3) is 0 Å². The summed E-state index contributed by atoms with van der Waals surface area (Å²) in [6.45, 7) is 3.45. The van der Waals surface area contributed by atoms with Gasteiger partial charge in [0.2, 0.25) is 0 Å². The van der Waals surface area contributed by atoms with E-state index in [1.54, 1.807) is 6.08 Å². The number of hydrogen-bond donors (Lipinski definition) is 0. The molecule has 3 aromatic carbocycles. The number of nitrogens with zero attached hydrogens (tertiary/aromatic N) is 1. The third-order valence-corrected chi connectivity index (χ3v) is 5.95. The van der Waals surface area contributed by atoms with Crippen molar-refractivity contribution in [3.05, 3.63) is 104 Å². The minimum atomic E-state index is -0.446. The molecule has 2 heteroatoms. The Morgan fingerprint density at radius 2 is 1.08 bits per heavy atom. The molecule has 0 atom stereocenters. The predicted molar refractivity (Wildman–Crippen MR) is 110 cm³/mol. The van der Waals surface area contributed by atoms with Crippen LogP contribution in [0.5, 0.6) is 0 Å². The second-order valence-electron chi connectivity index (χ2n) is 5.33. The van der Waals surface area contributed by atoms with Crippen LogP contribution >= 0.6 is 7.92 Å². The average molecular weight is 343 g/mol. The molecule has 0 aliphatic rings. The Hall–Kier alpha value is -2.68. The van der Waals surface area contributed by atoms with E-state index in [1.165, 1.54) is 15.9 Å². The minimum absolute atomic E-state index is 0.446. The molecule has 0 N–H and O–H groups in total. The van der Waals surface area contributed by atoms with Crippen LogP contribution in [-0.2, 0) is 0 Å². The number of allylic oxidation sites excluding steroid dienone is 1. The molecule has 0 bridgehead atoms. The summed E-state index contributed by atoms with van der Waals surface area (Å²) >= 11 is 0. The van der Waals surface area contributed by atoms with Crippen LogP contribution in [0.3, 0.4) is 0 Å². The number of rotatable bonds is 5. The summed E-state index contributed by atoms with van der Waals surface area (Å²) in [6.07, 6.45) is 3.16. The van der Waals surface area contributed by atoms with Crippen molar-refractivity contribution in [1.29, 1.82) is 5.26 Å². The maximum atomic E-state index is 7.90. The van der Waals surface area contributed by atoms with Crippen LogP contribution in [0.25, 0.3) is 0 Å². The molecule has 0 aliphatic heterocycles. The van der Waals surface area contributed by atoms with E-state index in [-0.39, 0.29) is 0 Å². The Labute approximate surface area is 152 Å². The van der Waals surface area contributed by atoms with E-state index in [1.807, 2.05) is 6.07 Å². The zero-order valence-electron chi connectivity index (χ0n) is 14.3. The summed E-state index contributed by atoms with van der Waals surface area (Å²) in [4.78, 5) is 0. The SMILES string of the molecule is C=CCCC#N.c1ccc(P(c2ccccc2)c2ccccc2)cc1. The monoisotopic (exact) mass is 343 g/mol. The zero-order chi connectivity index (χ0) is 17.7. The maximum absolute atomic E-state index is 7.90. The summed E-state index contributed by atoms with van der Waals surface area (Å²) in [5.41, 5.74) is 0. The van der Waals surface area contributed by atoms with Gasteiger partial charge < -0.3 is 0 Å². The van der Waals surface area contributed by atoms with Gasteiger partial charge in [-0.05, 0) is 30.3 Å². The van der Waals surface area contributed by atoms with Gasteiger partial charge >= 0.3 is 0 Å². The molecule has 0 spiro atoms. The molecule has 25 heavy (non-hydrogen) atoms. The van der Waals surface area contributed by atoms with E-state index >= 15 is 0 Å². The van der Waals surface area contributed by atoms with E-state index < -0.39 is 7.92 Å². The van der Waals surface area contributed by atoms with Crippen molar-refractivity contribution < 1.29 is 0 Å². The highest BCUT2D eigenvalue weighted by molar-refractivity contribution is 7.79. The van der Waals surface area contributed by atoms with Gasteiger partial charge in [-0.2, -0.15) is 5.26 Å². The molecule has 0 amide bonds. The normalized spacial score (nSPS) is 9.60. The van der Waals surface area contributed by atoms with Crippen molar-refractivity contribution in [3.8, 4) is 6.07 Å². The smallest absolute Gasteiger partial charge is 0.0624 e. The maximum Gasteiger partial charge on any atom is 0.0624 e. The summed E-state index contributed by atoms with van der Waals surface area (Å²) in [5.74, 6) is 0. The number of nitriles is 1. The highest BCUT2D eigenvalue weighted by Crippen LogP contribution is 2.32. The Kier molecular flexibility index (Phi) is 8.19. The average Bonchev–Trinajstić information content (AvgIpc) is 2.70. The van der Waals surface area contributed by atoms with Crippen LogP contribution in [0.2, 0.25) is 0 Å². The van der Waals surface area contributed by atoms with Crippen LogP contribution in [-0.4, -0.2) is 0 Å². The van der Waals surface area contributed by atoms with Crippen molar-refractivity contribution in [2.24, 2.45) is 0 Å². The van der Waals surface area contributed by atoms with Gasteiger partial charge in [-0.1, -0.05) is 97.1 Å². The van der Waals surface area contributed by atoms with Crippen LogP contribution in [0.4, 0.5) is 0 Å². The summed E-state index contributed by atoms with van der Waals surface area (Å²) in [7, 11) is -0.446. The minimum Gasteiger partial charge on any atom is -0.198 e. The van der Waals surface area contributed by atoms with E-state index in [9.17, 15) is 0 Å². The molecule has 1 nitrogen and oxygen atoms in total. The van der Waals surface area contributed by atoms with Gasteiger partial charge in [0, 0.05) is 6.42 Å². The molecule has 3 rings (SSSR count). The molecule has 3 aromatic rings. The second kappa shape index (κ2) is 11.0. The molecular formula is C23H22NP. The Morgan fingerprint density at radius 3 is 1.32 bits per heavy atom. The first-order valence-electron chi connectivity index (χ1n) is 8.30. The third-order valence-electron chi connectivity index (χ3n) is 3.50. The molecule has 0 aliphatic carbocycles. The van der Waals surface area contributed by atoms with E-state index in [0.717, 1.165) is 6.42 Å². The van der Waals surface area contributed by atoms with Gasteiger partial charge in [-0.3, -0.25) is 0 Å². The van der Waals surface area contributed by atoms with Crippen molar-refractivity contribution >= 4 is 23.8 Å². The lowest BCUT2D eigenvalue weighted by molar-refractivity contribution is 1.07. The van der Waals surface area contributed by atoms with Gasteiger partial charge in [0.1, 0.15) is 0 Å². The fourth-order valence-electron chi connectivity index (χ4n) is 2.35. The fraction of sp³-hybridized carbons (Fsp3) is 0.0870. The predicted octanol–water partition coefficient (Wildman–Crippen LogP) is 4.92. The van der Waals surface area contributed by atoms with Gasteiger partial charge in [-0.25, -0.2) is 0 Å². The van der Waals surface area contributed by atoms with Gasteiger partial charge in [0.05, 0.1) is 6.07 Å². The summed E-state index contributed by atoms with van der Waals surface area (Å²) in [5, 5.41) is 12.1. The van der Waals surface area contributed by atoms with Crippen LogP contribution in [0.1, 0.15) is 12.8 Å². The highest BCUT2D eigenvalue weighted by atomic mass is 31.1. The first-order chi connectivity index (χ1) is 12.4. The molecule has 0 saturated carbocycles. The lowest BCUT2D eigenvalue weighted by Crippen LogP contribution is -2.20. The largest absolute Gasteiger partial charge is 0.198 e. The third kappa shape index (κ3) is 6.03. The van der Waals surface area contributed by atoms with E-state index in [0.29, 0.717) is 6.42 Å². The van der Waals surface area contributed by atoms with Gasteiger partial charge in [0.15, 0.2) is 0 Å². The van der Waals surface area contributed by atoms with Crippen molar-refractivity contribution in [2.75, 3.05) is 0 Å². The molecule has 0 aromatic heterocycles. The quantitative estimate of drug-likeness (QED) is 0.366. The molecule has 0 radical (unpaired) electrons. The number of hydrogen-bond acceptors (Lipinski definition) is 1. The van der Waals surface area contributed by atoms with Crippen molar-refractivity contribution in [1.82, 2.24) is 0 Å². The molecular weight excluding hydrogens is 321 g/mol. The Balaban J connectivity index is 0.000000326. The molecule has 0 heterocycles. The lowest BCUT2D eigenvalue weighted by Gasteiger charge is -2.18. The molecule has 0 unspecified atom stereocenters. The number of unbranched alkanes of at least 4 members (excludes halogenated alkanes) is 1. The summed E-state index contributed by atoms with van der Waals surface area (Å²) in [6, 6.07) is 34.3. The van der Waals surface area contributed by atoms with E-state index in [2.05, 4.69) is 97.6 Å². The first kappa shape index (κ1) is 18.7. The van der Waals surface area contributed by atoms with Crippen LogP contribution in [0.15, 0.2) is 104 Å². The molecule has 124 valence electrons. The fourth-order valence-corrected chi connectivity index (χ4v) is 4.65. The standard InChI is InChI=1S/C18H15P.C5H7N/c1-4-10-16(11-5-1)19(17-12-6-2-7-13-17)18-14-8-3-9-15-18;1-2-3-4-5-6/h1-15H;2H,1,3-4H2. The molecule has 0 saturated heterocycles. The second-order valence-corrected chi connectivity index (χ2v) is 7.55. The Bertz CT molecular complexity index is 683. The zero-order valence-corrected chi connectivity index (χ0v) is 15.1. The van der Waals surface area contributed by atoms with Crippen LogP contribution < -0.4 is 15.9 Å². The lowest BCUT2D eigenvalue weighted by atomic mass is 10.3. The van der Waals surface area contributed by atoms with Gasteiger partial charge in [-0.15, -0.1) is 6.58 Å². The van der Waals surface area contributed by atoms with Crippen LogP contribution in [0, 0.1) is 11.3 Å². The highest BCUT2D eigenvalue weighted by Gasteiger charge is 2.14. The Morgan fingerprint density at radius 1 is 0.720 bits per heavy atom. The van der Waals surface area contributed by atoms with Crippen molar-refractivity contribution in [3.63, 3.8) is 0 Å². The van der Waals surface area contributed by atoms with Crippen molar-refractivity contribution in [2.45, 2.75) is 12.8 Å². The topological polar surface area (TPSA) is 23.8 Å². The molecule has 0 fully saturated rings. The number of benzene rings is 3. The first-order valence-corrected chi connectivity index (χ1v) is 9.64.